The Kier molecular flexibility index (Phi) is 4.28. The highest BCUT2D eigenvalue weighted by atomic mass is 16.5. The third-order valence-electron chi connectivity index (χ3n) is 4.07. The molecule has 3 heterocycles. The van der Waals surface area contributed by atoms with Crippen LogP contribution in [0.5, 0.6) is 0 Å². The second kappa shape index (κ2) is 6.33. The summed E-state index contributed by atoms with van der Waals surface area (Å²) in [7, 11) is 0. The largest absolute Gasteiger partial charge is 0.377 e. The highest BCUT2D eigenvalue weighted by Gasteiger charge is 2.25. The van der Waals surface area contributed by atoms with Crippen LogP contribution in [0.4, 0.5) is 0 Å². The lowest BCUT2D eigenvalue weighted by molar-refractivity contribution is 0.0432. The first-order valence-corrected chi connectivity index (χ1v) is 7.36. The molecule has 5 heteroatoms. The number of nitrogens with zero attached hydrogens (tertiary/aromatic N) is 3. The van der Waals surface area contributed by atoms with E-state index in [1.54, 1.807) is 24.5 Å². The fraction of sp³-hybridized carbons (Fsp3) is 0.600. The van der Waals surface area contributed by atoms with Gasteiger partial charge in [0.2, 0.25) is 0 Å². The highest BCUT2D eigenvalue weighted by Crippen LogP contribution is 2.15. The van der Waals surface area contributed by atoms with E-state index in [1.807, 2.05) is 4.90 Å². The molecule has 0 aliphatic carbocycles. The average Bonchev–Trinajstić information content (AvgIpc) is 3.01. The number of amides is 1. The molecule has 2 fully saturated rings. The van der Waals surface area contributed by atoms with Crippen molar-refractivity contribution < 1.29 is 9.53 Å². The first-order valence-electron chi connectivity index (χ1n) is 7.36. The van der Waals surface area contributed by atoms with E-state index in [0.717, 1.165) is 44.9 Å². The molecule has 0 aromatic carbocycles. The molecule has 1 aromatic rings. The summed E-state index contributed by atoms with van der Waals surface area (Å²) in [5.74, 6) is 0.115. The monoisotopic (exact) mass is 275 g/mol. The molecular formula is C15H21N3O2. The number of hydrogen-bond acceptors (Lipinski definition) is 4. The van der Waals surface area contributed by atoms with Gasteiger partial charge >= 0.3 is 0 Å². The van der Waals surface area contributed by atoms with Gasteiger partial charge in [-0.3, -0.25) is 14.7 Å². The van der Waals surface area contributed by atoms with Crippen molar-refractivity contribution in [2.24, 2.45) is 0 Å². The quantitative estimate of drug-likeness (QED) is 0.826. The van der Waals surface area contributed by atoms with Gasteiger partial charge in [0.05, 0.1) is 6.10 Å². The molecule has 5 nitrogen and oxygen atoms in total. The fourth-order valence-corrected chi connectivity index (χ4v) is 2.89. The Labute approximate surface area is 119 Å². The summed E-state index contributed by atoms with van der Waals surface area (Å²) in [6.07, 6.45) is 6.10. The number of hydrogen-bond donors (Lipinski definition) is 0. The Morgan fingerprint density at radius 3 is 2.65 bits per heavy atom. The Morgan fingerprint density at radius 1 is 1.25 bits per heavy atom. The SMILES string of the molecule is O=C(c1ccncc1)N1CCN(CC2CCCO2)CC1. The number of carbonyl (C=O) groups is 1. The number of rotatable bonds is 3. The Bertz CT molecular complexity index is 438. The molecule has 1 atom stereocenters. The van der Waals surface area contributed by atoms with E-state index in [-0.39, 0.29) is 5.91 Å². The maximum atomic E-state index is 12.3. The van der Waals surface area contributed by atoms with Crippen LogP contribution in [-0.4, -0.2) is 66.1 Å². The first-order chi connectivity index (χ1) is 9.83. The van der Waals surface area contributed by atoms with Crippen molar-refractivity contribution in [2.45, 2.75) is 18.9 Å². The maximum absolute atomic E-state index is 12.3. The van der Waals surface area contributed by atoms with E-state index in [4.69, 9.17) is 4.74 Å². The number of carbonyl (C=O) groups excluding carboxylic acids is 1. The summed E-state index contributed by atoms with van der Waals surface area (Å²) >= 11 is 0. The van der Waals surface area contributed by atoms with Gasteiger partial charge in [-0.05, 0) is 25.0 Å². The van der Waals surface area contributed by atoms with Gasteiger partial charge < -0.3 is 9.64 Å². The minimum absolute atomic E-state index is 0.115. The van der Waals surface area contributed by atoms with E-state index in [0.29, 0.717) is 6.10 Å². The molecule has 2 saturated heterocycles. The molecule has 20 heavy (non-hydrogen) atoms. The lowest BCUT2D eigenvalue weighted by Crippen LogP contribution is -2.50. The van der Waals surface area contributed by atoms with Crippen LogP contribution >= 0.6 is 0 Å². The molecule has 1 amide bonds. The Hall–Kier alpha value is -1.46. The molecule has 1 aromatic heterocycles. The lowest BCUT2D eigenvalue weighted by atomic mass is 10.2. The normalized spacial score (nSPS) is 24.0. The van der Waals surface area contributed by atoms with Gasteiger partial charge in [-0.2, -0.15) is 0 Å². The van der Waals surface area contributed by atoms with Crippen molar-refractivity contribution in [3.63, 3.8) is 0 Å². The first kappa shape index (κ1) is 13.5. The molecule has 2 aliphatic heterocycles. The van der Waals surface area contributed by atoms with Crippen molar-refractivity contribution in [3.05, 3.63) is 30.1 Å². The number of pyridine rings is 1. The molecule has 0 saturated carbocycles. The van der Waals surface area contributed by atoms with Crippen LogP contribution in [0.1, 0.15) is 23.2 Å². The summed E-state index contributed by atoms with van der Waals surface area (Å²) in [4.78, 5) is 20.6. The molecule has 108 valence electrons. The molecule has 3 rings (SSSR count). The van der Waals surface area contributed by atoms with Crippen molar-refractivity contribution in [1.29, 1.82) is 0 Å². The Balaban J connectivity index is 1.49. The summed E-state index contributed by atoms with van der Waals surface area (Å²) in [5, 5.41) is 0. The molecule has 0 bridgehead atoms. The van der Waals surface area contributed by atoms with Crippen molar-refractivity contribution in [2.75, 3.05) is 39.3 Å². The van der Waals surface area contributed by atoms with Crippen molar-refractivity contribution >= 4 is 5.91 Å². The zero-order valence-electron chi connectivity index (χ0n) is 11.7. The molecule has 1 unspecified atom stereocenters. The predicted octanol–water partition coefficient (Wildman–Crippen LogP) is 1.02. The second-order valence-corrected chi connectivity index (χ2v) is 5.46. The minimum atomic E-state index is 0.115. The molecule has 0 spiro atoms. The van der Waals surface area contributed by atoms with Crippen molar-refractivity contribution in [3.8, 4) is 0 Å². The Morgan fingerprint density at radius 2 is 2.00 bits per heavy atom. The smallest absolute Gasteiger partial charge is 0.254 e. The van der Waals surface area contributed by atoms with Gasteiger partial charge in [0.25, 0.3) is 5.91 Å². The summed E-state index contributed by atoms with van der Waals surface area (Å²) in [6, 6.07) is 3.56. The maximum Gasteiger partial charge on any atom is 0.254 e. The fourth-order valence-electron chi connectivity index (χ4n) is 2.89. The third kappa shape index (κ3) is 3.16. The number of piperazine rings is 1. The van der Waals surface area contributed by atoms with Gasteiger partial charge in [-0.15, -0.1) is 0 Å². The van der Waals surface area contributed by atoms with Crippen LogP contribution in [-0.2, 0) is 4.74 Å². The van der Waals surface area contributed by atoms with E-state index >= 15 is 0 Å². The van der Waals surface area contributed by atoms with Gasteiger partial charge in [0.1, 0.15) is 0 Å². The molecular weight excluding hydrogens is 254 g/mol. The van der Waals surface area contributed by atoms with Crippen LogP contribution in [0.15, 0.2) is 24.5 Å². The van der Waals surface area contributed by atoms with Crippen LogP contribution in [0.2, 0.25) is 0 Å². The van der Waals surface area contributed by atoms with Crippen molar-refractivity contribution in [1.82, 2.24) is 14.8 Å². The zero-order valence-corrected chi connectivity index (χ0v) is 11.7. The average molecular weight is 275 g/mol. The highest BCUT2D eigenvalue weighted by molar-refractivity contribution is 5.94. The topological polar surface area (TPSA) is 45.7 Å². The van der Waals surface area contributed by atoms with E-state index in [9.17, 15) is 4.79 Å². The summed E-state index contributed by atoms with van der Waals surface area (Å²) < 4.78 is 5.67. The summed E-state index contributed by atoms with van der Waals surface area (Å²) in [5.41, 5.74) is 0.729. The van der Waals surface area contributed by atoms with Crippen LogP contribution in [0, 0.1) is 0 Å². The summed E-state index contributed by atoms with van der Waals surface area (Å²) in [6.45, 7) is 5.40. The predicted molar refractivity (Wildman–Crippen MR) is 75.6 cm³/mol. The van der Waals surface area contributed by atoms with Gasteiger partial charge in [-0.1, -0.05) is 0 Å². The van der Waals surface area contributed by atoms with Crippen LogP contribution in [0.25, 0.3) is 0 Å². The standard InChI is InChI=1S/C15H21N3O2/c19-15(13-3-5-16-6-4-13)18-9-7-17(8-10-18)12-14-2-1-11-20-14/h3-6,14H,1-2,7-12H2. The molecule has 2 aliphatic rings. The minimum Gasteiger partial charge on any atom is -0.377 e. The number of aromatic nitrogens is 1. The van der Waals surface area contributed by atoms with Gasteiger partial charge in [0, 0.05) is 57.3 Å². The van der Waals surface area contributed by atoms with Gasteiger partial charge in [0.15, 0.2) is 0 Å². The lowest BCUT2D eigenvalue weighted by Gasteiger charge is -2.35. The molecule has 0 N–H and O–H groups in total. The molecule has 0 radical (unpaired) electrons. The van der Waals surface area contributed by atoms with E-state index in [1.165, 1.54) is 12.8 Å². The second-order valence-electron chi connectivity index (χ2n) is 5.46. The third-order valence-corrected chi connectivity index (χ3v) is 4.07. The zero-order chi connectivity index (χ0) is 13.8. The van der Waals surface area contributed by atoms with Crippen LogP contribution < -0.4 is 0 Å². The van der Waals surface area contributed by atoms with Crippen LogP contribution in [0.3, 0.4) is 0 Å². The number of ether oxygens (including phenoxy) is 1. The van der Waals surface area contributed by atoms with E-state index < -0.39 is 0 Å². The van der Waals surface area contributed by atoms with E-state index in [2.05, 4.69) is 9.88 Å². The van der Waals surface area contributed by atoms with Gasteiger partial charge in [-0.25, -0.2) is 0 Å².